The lowest BCUT2D eigenvalue weighted by Crippen LogP contribution is -2.41. The van der Waals surface area contributed by atoms with Gasteiger partial charge in [0.25, 0.3) is 0 Å². The number of carbonyl (C=O) groups is 2. The van der Waals surface area contributed by atoms with E-state index in [0.717, 1.165) is 25.7 Å². The van der Waals surface area contributed by atoms with Gasteiger partial charge in [-0.25, -0.2) is 0 Å². The Labute approximate surface area is 181 Å². The maximum Gasteiger partial charge on any atom is 0.312 e. The summed E-state index contributed by atoms with van der Waals surface area (Å²) in [6.07, 6.45) is 13.7. The molecule has 2 heterocycles. The standard InChI is InChI=1S/C24H40O6/c1-3-5-7-9-11-13-15-27-22(25)18-17-19-24(29-19)21(30-24)20(18)23(26)28-16-14-12-10-8-6-4-2/h18-21H,3-17H2,1-2H3. The van der Waals surface area contributed by atoms with E-state index in [4.69, 9.17) is 18.9 Å². The summed E-state index contributed by atoms with van der Waals surface area (Å²) in [5.41, 5.74) is 0. The Hall–Kier alpha value is -1.14. The zero-order chi connectivity index (χ0) is 21.4. The second-order valence-corrected chi connectivity index (χ2v) is 9.10. The van der Waals surface area contributed by atoms with Crippen molar-refractivity contribution in [1.82, 2.24) is 0 Å². The molecule has 1 spiro atoms. The lowest BCUT2D eigenvalue weighted by atomic mass is 9.79. The molecule has 6 heteroatoms. The molecular formula is C24H40O6. The lowest BCUT2D eigenvalue weighted by Gasteiger charge is -2.24. The first-order valence-corrected chi connectivity index (χ1v) is 12.3. The Morgan fingerprint density at radius 3 is 1.90 bits per heavy atom. The van der Waals surface area contributed by atoms with Gasteiger partial charge in [-0.2, -0.15) is 0 Å². The van der Waals surface area contributed by atoms with Crippen LogP contribution >= 0.6 is 0 Å². The second kappa shape index (κ2) is 11.5. The first kappa shape index (κ1) is 23.5. The molecule has 0 aromatic carbocycles. The summed E-state index contributed by atoms with van der Waals surface area (Å²) in [5, 5.41) is 0. The highest BCUT2D eigenvalue weighted by atomic mass is 16.9. The molecule has 0 amide bonds. The summed E-state index contributed by atoms with van der Waals surface area (Å²) in [6, 6.07) is 0. The highest BCUT2D eigenvalue weighted by Crippen LogP contribution is 2.65. The fourth-order valence-corrected chi connectivity index (χ4v) is 4.68. The van der Waals surface area contributed by atoms with Crippen LogP contribution in [0.25, 0.3) is 0 Å². The van der Waals surface area contributed by atoms with Crippen molar-refractivity contribution in [3.8, 4) is 0 Å². The Morgan fingerprint density at radius 2 is 1.30 bits per heavy atom. The third-order valence-corrected chi connectivity index (χ3v) is 6.66. The number of hydrogen-bond acceptors (Lipinski definition) is 6. The molecule has 0 radical (unpaired) electrons. The Morgan fingerprint density at radius 1 is 0.767 bits per heavy atom. The van der Waals surface area contributed by atoms with Gasteiger partial charge in [-0.15, -0.1) is 0 Å². The fourth-order valence-electron chi connectivity index (χ4n) is 4.68. The first-order chi connectivity index (χ1) is 14.6. The Balaban J connectivity index is 1.38. The Bertz CT molecular complexity index is 564. The van der Waals surface area contributed by atoms with E-state index in [-0.39, 0.29) is 24.1 Å². The summed E-state index contributed by atoms with van der Waals surface area (Å²) < 4.78 is 22.3. The number of epoxide rings is 2. The zero-order valence-corrected chi connectivity index (χ0v) is 18.9. The van der Waals surface area contributed by atoms with Crippen LogP contribution in [0.15, 0.2) is 0 Å². The monoisotopic (exact) mass is 424 g/mol. The van der Waals surface area contributed by atoms with E-state index in [2.05, 4.69) is 13.8 Å². The molecule has 0 N–H and O–H groups in total. The number of rotatable bonds is 16. The minimum absolute atomic E-state index is 0.0725. The molecule has 172 valence electrons. The molecule has 5 atom stereocenters. The minimum Gasteiger partial charge on any atom is -0.465 e. The zero-order valence-electron chi connectivity index (χ0n) is 18.9. The van der Waals surface area contributed by atoms with Gasteiger partial charge in [0.05, 0.1) is 19.1 Å². The largest absolute Gasteiger partial charge is 0.465 e. The van der Waals surface area contributed by atoms with Crippen molar-refractivity contribution >= 4 is 11.9 Å². The van der Waals surface area contributed by atoms with E-state index in [1.807, 2.05) is 0 Å². The molecule has 30 heavy (non-hydrogen) atoms. The van der Waals surface area contributed by atoms with Crippen molar-refractivity contribution in [2.24, 2.45) is 11.8 Å². The number of hydrogen-bond donors (Lipinski definition) is 0. The van der Waals surface area contributed by atoms with Crippen LogP contribution in [-0.4, -0.2) is 43.1 Å². The first-order valence-electron chi connectivity index (χ1n) is 12.3. The normalized spacial score (nSPS) is 30.9. The average molecular weight is 425 g/mol. The van der Waals surface area contributed by atoms with Gasteiger partial charge in [-0.1, -0.05) is 78.1 Å². The third-order valence-electron chi connectivity index (χ3n) is 6.66. The van der Waals surface area contributed by atoms with Gasteiger partial charge in [0.2, 0.25) is 5.79 Å². The maximum atomic E-state index is 12.8. The Kier molecular flexibility index (Phi) is 8.99. The average Bonchev–Trinajstić information content (AvgIpc) is 3.63. The van der Waals surface area contributed by atoms with Crippen LogP contribution < -0.4 is 0 Å². The smallest absolute Gasteiger partial charge is 0.312 e. The SMILES string of the molecule is CCCCCCCCOC(=O)C1CC2OC23OC3C1C(=O)OCCCCCCCC. The highest BCUT2D eigenvalue weighted by Gasteiger charge is 2.83. The van der Waals surface area contributed by atoms with Gasteiger partial charge in [0.15, 0.2) is 0 Å². The number of carbonyl (C=O) groups excluding carboxylic acids is 2. The maximum absolute atomic E-state index is 12.8. The molecule has 1 aliphatic carbocycles. The van der Waals surface area contributed by atoms with Crippen molar-refractivity contribution in [1.29, 1.82) is 0 Å². The van der Waals surface area contributed by atoms with Crippen LogP contribution in [0.5, 0.6) is 0 Å². The summed E-state index contributed by atoms with van der Waals surface area (Å²) in [6.45, 7) is 5.22. The summed E-state index contributed by atoms with van der Waals surface area (Å²) in [4.78, 5) is 25.5. The highest BCUT2D eigenvalue weighted by molar-refractivity contribution is 5.84. The van der Waals surface area contributed by atoms with Crippen molar-refractivity contribution in [2.45, 2.75) is 115 Å². The molecule has 3 aliphatic rings. The molecule has 2 aliphatic heterocycles. The predicted molar refractivity (Wildman–Crippen MR) is 113 cm³/mol. The third kappa shape index (κ3) is 5.97. The van der Waals surface area contributed by atoms with Crippen LogP contribution in [0.2, 0.25) is 0 Å². The summed E-state index contributed by atoms with van der Waals surface area (Å²) in [5.74, 6) is -2.35. The second-order valence-electron chi connectivity index (χ2n) is 9.10. The quantitative estimate of drug-likeness (QED) is 0.199. The molecule has 0 bridgehead atoms. The molecule has 1 saturated carbocycles. The number of unbranched alkanes of at least 4 members (excludes halogenated alkanes) is 10. The van der Waals surface area contributed by atoms with E-state index >= 15 is 0 Å². The van der Waals surface area contributed by atoms with Crippen molar-refractivity contribution < 1.29 is 28.5 Å². The minimum atomic E-state index is -0.597. The number of esters is 2. The van der Waals surface area contributed by atoms with Gasteiger partial charge in [0, 0.05) is 0 Å². The van der Waals surface area contributed by atoms with Crippen LogP contribution in [-0.2, 0) is 28.5 Å². The van der Waals surface area contributed by atoms with Crippen LogP contribution in [0.3, 0.4) is 0 Å². The van der Waals surface area contributed by atoms with E-state index in [9.17, 15) is 9.59 Å². The molecular weight excluding hydrogens is 384 g/mol. The van der Waals surface area contributed by atoms with E-state index in [1.165, 1.54) is 51.4 Å². The molecule has 2 saturated heterocycles. The van der Waals surface area contributed by atoms with E-state index < -0.39 is 17.6 Å². The molecule has 6 nitrogen and oxygen atoms in total. The van der Waals surface area contributed by atoms with E-state index in [1.54, 1.807) is 0 Å². The molecule has 3 fully saturated rings. The predicted octanol–water partition coefficient (Wildman–Crippen LogP) is 4.92. The molecule has 0 aromatic heterocycles. The molecule has 3 rings (SSSR count). The van der Waals surface area contributed by atoms with Gasteiger partial charge < -0.3 is 18.9 Å². The van der Waals surface area contributed by atoms with E-state index in [0.29, 0.717) is 19.6 Å². The van der Waals surface area contributed by atoms with Gasteiger partial charge in [-0.05, 0) is 19.3 Å². The molecule has 0 aromatic rings. The summed E-state index contributed by atoms with van der Waals surface area (Å²) in [7, 11) is 0. The lowest BCUT2D eigenvalue weighted by molar-refractivity contribution is -0.162. The fraction of sp³-hybridized carbons (Fsp3) is 0.917. The van der Waals surface area contributed by atoms with Gasteiger partial charge >= 0.3 is 11.9 Å². The van der Waals surface area contributed by atoms with Gasteiger partial charge in [0.1, 0.15) is 18.1 Å². The number of ether oxygens (including phenoxy) is 4. The van der Waals surface area contributed by atoms with Gasteiger partial charge in [-0.3, -0.25) is 9.59 Å². The van der Waals surface area contributed by atoms with Crippen molar-refractivity contribution in [3.63, 3.8) is 0 Å². The van der Waals surface area contributed by atoms with Crippen molar-refractivity contribution in [2.75, 3.05) is 13.2 Å². The van der Waals surface area contributed by atoms with Crippen LogP contribution in [0.4, 0.5) is 0 Å². The summed E-state index contributed by atoms with van der Waals surface area (Å²) >= 11 is 0. The van der Waals surface area contributed by atoms with Crippen LogP contribution in [0, 0.1) is 11.8 Å². The van der Waals surface area contributed by atoms with Crippen molar-refractivity contribution in [3.05, 3.63) is 0 Å². The topological polar surface area (TPSA) is 77.7 Å². The van der Waals surface area contributed by atoms with Crippen LogP contribution in [0.1, 0.15) is 97.3 Å². The molecule has 5 unspecified atom stereocenters.